The van der Waals surface area contributed by atoms with Crippen molar-refractivity contribution in [3.8, 4) is 5.75 Å². The van der Waals surface area contributed by atoms with Gasteiger partial charge in [-0.15, -0.1) is 0 Å². The molecule has 1 amide bonds. The van der Waals surface area contributed by atoms with Crippen molar-refractivity contribution in [1.82, 2.24) is 5.32 Å². The summed E-state index contributed by atoms with van der Waals surface area (Å²) in [5.74, 6) is 0.743. The van der Waals surface area contributed by atoms with Crippen LogP contribution in [-0.2, 0) is 11.2 Å². The highest BCUT2D eigenvalue weighted by Gasteiger charge is 2.08. The Morgan fingerprint density at radius 1 is 1.47 bits per heavy atom. The van der Waals surface area contributed by atoms with E-state index in [-0.39, 0.29) is 18.6 Å². The molecule has 0 fully saturated rings. The van der Waals surface area contributed by atoms with E-state index >= 15 is 0 Å². The van der Waals surface area contributed by atoms with Crippen LogP contribution in [0.5, 0.6) is 5.75 Å². The van der Waals surface area contributed by atoms with Gasteiger partial charge in [0.15, 0.2) is 0 Å². The molecule has 0 bridgehead atoms. The lowest BCUT2D eigenvalue weighted by Crippen LogP contribution is -2.35. The van der Waals surface area contributed by atoms with Gasteiger partial charge < -0.3 is 15.2 Å². The Hall–Kier alpha value is -1.55. The molecule has 0 heterocycles. The number of para-hydroxylation sites is 1. The molecule has 1 aromatic rings. The van der Waals surface area contributed by atoms with Crippen molar-refractivity contribution in [3.05, 3.63) is 29.8 Å². The quantitative estimate of drug-likeness (QED) is 0.779. The molecule has 0 aliphatic heterocycles. The maximum absolute atomic E-state index is 11.5. The van der Waals surface area contributed by atoms with Crippen LogP contribution in [0.25, 0.3) is 0 Å². The molecule has 0 aliphatic carbocycles. The van der Waals surface area contributed by atoms with Gasteiger partial charge in [0, 0.05) is 12.5 Å². The molecular formula is C13H19NO3. The fourth-order valence-corrected chi connectivity index (χ4v) is 1.55. The number of hydrogen-bond acceptors (Lipinski definition) is 3. The second-order valence-electron chi connectivity index (χ2n) is 3.96. The van der Waals surface area contributed by atoms with Crippen LogP contribution >= 0.6 is 0 Å². The Morgan fingerprint density at radius 2 is 2.18 bits per heavy atom. The molecule has 94 valence electrons. The van der Waals surface area contributed by atoms with Crippen molar-refractivity contribution in [2.24, 2.45) is 0 Å². The first-order chi connectivity index (χ1) is 8.17. The van der Waals surface area contributed by atoms with Crippen LogP contribution in [0.3, 0.4) is 0 Å². The van der Waals surface area contributed by atoms with Crippen LogP contribution in [0.2, 0.25) is 0 Å². The number of aliphatic hydroxyl groups is 1. The molecule has 0 aliphatic rings. The van der Waals surface area contributed by atoms with E-state index < -0.39 is 0 Å². The summed E-state index contributed by atoms with van der Waals surface area (Å²) in [6.45, 7) is 1.72. The van der Waals surface area contributed by atoms with Gasteiger partial charge in [-0.2, -0.15) is 0 Å². The number of carbonyl (C=O) groups is 1. The fraction of sp³-hybridized carbons (Fsp3) is 0.462. The Morgan fingerprint density at radius 3 is 2.82 bits per heavy atom. The van der Waals surface area contributed by atoms with Gasteiger partial charge in [-0.05, 0) is 25.0 Å². The van der Waals surface area contributed by atoms with Crippen LogP contribution in [0.15, 0.2) is 24.3 Å². The van der Waals surface area contributed by atoms with Crippen molar-refractivity contribution < 1.29 is 14.6 Å². The number of nitrogens with one attached hydrogen (secondary N) is 1. The molecule has 1 aromatic carbocycles. The maximum atomic E-state index is 11.5. The highest BCUT2D eigenvalue weighted by Crippen LogP contribution is 2.18. The lowest BCUT2D eigenvalue weighted by atomic mass is 10.1. The van der Waals surface area contributed by atoms with E-state index in [0.29, 0.717) is 12.8 Å². The molecule has 17 heavy (non-hydrogen) atoms. The first-order valence-corrected chi connectivity index (χ1v) is 5.69. The summed E-state index contributed by atoms with van der Waals surface area (Å²) >= 11 is 0. The smallest absolute Gasteiger partial charge is 0.220 e. The zero-order chi connectivity index (χ0) is 12.7. The van der Waals surface area contributed by atoms with Crippen LogP contribution in [-0.4, -0.2) is 30.8 Å². The molecule has 0 saturated heterocycles. The van der Waals surface area contributed by atoms with E-state index in [4.69, 9.17) is 9.84 Å². The van der Waals surface area contributed by atoms with Gasteiger partial charge in [0.05, 0.1) is 13.7 Å². The minimum absolute atomic E-state index is 0.0413. The Bertz CT molecular complexity index is 365. The van der Waals surface area contributed by atoms with Crippen molar-refractivity contribution in [2.75, 3.05) is 13.7 Å². The number of benzene rings is 1. The fourth-order valence-electron chi connectivity index (χ4n) is 1.55. The van der Waals surface area contributed by atoms with E-state index in [1.807, 2.05) is 24.3 Å². The minimum atomic E-state index is -0.194. The third kappa shape index (κ3) is 4.44. The van der Waals surface area contributed by atoms with E-state index in [9.17, 15) is 4.79 Å². The number of hydrogen-bond donors (Lipinski definition) is 2. The van der Waals surface area contributed by atoms with Crippen LogP contribution in [0.4, 0.5) is 0 Å². The lowest BCUT2D eigenvalue weighted by Gasteiger charge is -2.11. The van der Waals surface area contributed by atoms with Crippen molar-refractivity contribution >= 4 is 5.91 Å². The van der Waals surface area contributed by atoms with Crippen molar-refractivity contribution in [2.45, 2.75) is 25.8 Å². The summed E-state index contributed by atoms with van der Waals surface area (Å²) in [6, 6.07) is 7.45. The van der Waals surface area contributed by atoms with E-state index in [0.717, 1.165) is 11.3 Å². The molecule has 4 nitrogen and oxygen atoms in total. The highest BCUT2D eigenvalue weighted by atomic mass is 16.5. The zero-order valence-corrected chi connectivity index (χ0v) is 10.3. The number of ether oxygens (including phenoxy) is 1. The van der Waals surface area contributed by atoms with E-state index in [1.54, 1.807) is 14.0 Å². The van der Waals surface area contributed by atoms with Gasteiger partial charge in [-0.1, -0.05) is 18.2 Å². The van der Waals surface area contributed by atoms with Crippen LogP contribution < -0.4 is 10.1 Å². The highest BCUT2D eigenvalue weighted by molar-refractivity contribution is 5.76. The molecule has 0 aromatic heterocycles. The average Bonchev–Trinajstić information content (AvgIpc) is 2.36. The van der Waals surface area contributed by atoms with Gasteiger partial charge in [0.25, 0.3) is 0 Å². The lowest BCUT2D eigenvalue weighted by molar-refractivity contribution is -0.121. The first-order valence-electron chi connectivity index (χ1n) is 5.69. The number of aryl methyl sites for hydroxylation is 1. The van der Waals surface area contributed by atoms with Crippen molar-refractivity contribution in [1.29, 1.82) is 0 Å². The van der Waals surface area contributed by atoms with Crippen LogP contribution in [0.1, 0.15) is 18.9 Å². The van der Waals surface area contributed by atoms with Gasteiger partial charge in [-0.3, -0.25) is 4.79 Å². The van der Waals surface area contributed by atoms with Crippen molar-refractivity contribution in [3.63, 3.8) is 0 Å². The molecule has 1 unspecified atom stereocenters. The van der Waals surface area contributed by atoms with Crippen LogP contribution in [0, 0.1) is 0 Å². The average molecular weight is 237 g/mol. The second-order valence-corrected chi connectivity index (χ2v) is 3.96. The second kappa shape index (κ2) is 6.91. The van der Waals surface area contributed by atoms with E-state index in [2.05, 4.69) is 5.32 Å². The predicted octanol–water partition coefficient (Wildman–Crippen LogP) is 1.12. The zero-order valence-electron chi connectivity index (χ0n) is 10.3. The topological polar surface area (TPSA) is 58.6 Å². The maximum Gasteiger partial charge on any atom is 0.220 e. The summed E-state index contributed by atoms with van der Waals surface area (Å²) in [6.07, 6.45) is 1.03. The molecule has 1 atom stereocenters. The summed E-state index contributed by atoms with van der Waals surface area (Å²) < 4.78 is 5.21. The molecule has 2 N–H and O–H groups in total. The Kier molecular flexibility index (Phi) is 5.49. The number of carbonyl (C=O) groups excluding carboxylic acids is 1. The molecule has 4 heteroatoms. The first kappa shape index (κ1) is 13.5. The molecular weight excluding hydrogens is 218 g/mol. The number of methoxy groups -OCH3 is 1. The number of aliphatic hydroxyl groups excluding tert-OH is 1. The minimum Gasteiger partial charge on any atom is -0.496 e. The summed E-state index contributed by atoms with van der Waals surface area (Å²) in [7, 11) is 1.62. The number of amides is 1. The van der Waals surface area contributed by atoms with Gasteiger partial charge in [0.1, 0.15) is 5.75 Å². The Balaban J connectivity index is 2.47. The monoisotopic (exact) mass is 237 g/mol. The summed E-state index contributed by atoms with van der Waals surface area (Å²) in [5.41, 5.74) is 1.02. The van der Waals surface area contributed by atoms with Gasteiger partial charge >= 0.3 is 0 Å². The largest absolute Gasteiger partial charge is 0.496 e. The number of rotatable bonds is 6. The molecule has 0 radical (unpaired) electrons. The third-order valence-electron chi connectivity index (χ3n) is 2.50. The normalized spacial score (nSPS) is 11.9. The third-order valence-corrected chi connectivity index (χ3v) is 2.50. The van der Waals surface area contributed by atoms with Gasteiger partial charge in [0.2, 0.25) is 5.91 Å². The SMILES string of the molecule is COc1ccccc1CCC(=O)NC(C)CO. The molecule has 0 spiro atoms. The standard InChI is InChI=1S/C13H19NO3/c1-10(9-15)14-13(16)8-7-11-5-3-4-6-12(11)17-2/h3-6,10,15H,7-9H2,1-2H3,(H,14,16). The summed E-state index contributed by atoms with van der Waals surface area (Å²) in [5, 5.41) is 11.5. The molecule has 0 saturated carbocycles. The summed E-state index contributed by atoms with van der Waals surface area (Å²) in [4.78, 5) is 11.5. The van der Waals surface area contributed by atoms with Gasteiger partial charge in [-0.25, -0.2) is 0 Å². The van der Waals surface area contributed by atoms with E-state index in [1.165, 1.54) is 0 Å². The molecule has 1 rings (SSSR count). The Labute approximate surface area is 102 Å². The predicted molar refractivity (Wildman–Crippen MR) is 66.0 cm³/mol.